The Bertz CT molecular complexity index is 1000. The predicted molar refractivity (Wildman–Crippen MR) is 111 cm³/mol. The Morgan fingerprint density at radius 1 is 1.04 bits per heavy atom. The van der Waals surface area contributed by atoms with E-state index in [1.54, 1.807) is 0 Å². The molecule has 3 aromatic rings. The summed E-state index contributed by atoms with van der Waals surface area (Å²) in [4.78, 5) is 21.9. The highest BCUT2D eigenvalue weighted by Crippen LogP contribution is 2.21. The molecule has 1 aliphatic rings. The zero-order chi connectivity index (χ0) is 19.7. The van der Waals surface area contributed by atoms with Gasteiger partial charge in [0.2, 0.25) is 11.9 Å². The molecule has 1 amide bonds. The number of carbonyl (C=O) groups excluding carboxylic acids is 1. The quantitative estimate of drug-likeness (QED) is 0.653. The molecule has 1 saturated heterocycles. The third-order valence-corrected chi connectivity index (χ3v) is 5.35. The molecular formula is C22H25N5O. The van der Waals surface area contributed by atoms with E-state index in [1.165, 1.54) is 0 Å². The first-order valence-corrected chi connectivity index (χ1v) is 9.62. The van der Waals surface area contributed by atoms with Crippen LogP contribution in [-0.4, -0.2) is 28.2 Å². The van der Waals surface area contributed by atoms with Crippen LogP contribution in [0.1, 0.15) is 23.7 Å². The lowest BCUT2D eigenvalue weighted by Gasteiger charge is -2.36. The molecule has 3 N–H and O–H groups in total. The number of para-hydroxylation sites is 1. The van der Waals surface area contributed by atoms with Gasteiger partial charge >= 0.3 is 0 Å². The summed E-state index contributed by atoms with van der Waals surface area (Å²) in [5.74, 6) is 0.411. The monoisotopic (exact) mass is 375 g/mol. The van der Waals surface area contributed by atoms with Crippen LogP contribution in [0.4, 0.5) is 5.95 Å². The Hall–Kier alpha value is -2.99. The molecule has 6 heteroatoms. The summed E-state index contributed by atoms with van der Waals surface area (Å²) < 4.78 is 0. The van der Waals surface area contributed by atoms with E-state index in [0.717, 1.165) is 27.7 Å². The maximum absolute atomic E-state index is 12.7. The van der Waals surface area contributed by atoms with Crippen molar-refractivity contribution in [1.82, 2.24) is 20.6 Å². The van der Waals surface area contributed by atoms with Crippen molar-refractivity contribution in [2.24, 2.45) is 5.92 Å². The lowest BCUT2D eigenvalue weighted by atomic mass is 9.91. The van der Waals surface area contributed by atoms with Crippen LogP contribution in [0.3, 0.4) is 0 Å². The summed E-state index contributed by atoms with van der Waals surface area (Å²) in [5, 5.41) is 10.7. The maximum atomic E-state index is 12.7. The van der Waals surface area contributed by atoms with E-state index < -0.39 is 6.29 Å². The molecule has 3 atom stereocenters. The number of nitrogens with zero attached hydrogens (tertiary/aromatic N) is 2. The summed E-state index contributed by atoms with van der Waals surface area (Å²) in [6.07, 6.45) is 0.300. The van der Waals surface area contributed by atoms with Crippen molar-refractivity contribution in [1.29, 1.82) is 0 Å². The molecule has 2 heterocycles. The van der Waals surface area contributed by atoms with Crippen LogP contribution < -0.4 is 16.0 Å². The number of aromatic nitrogens is 2. The van der Waals surface area contributed by atoms with Gasteiger partial charge in [-0.1, -0.05) is 48.5 Å². The van der Waals surface area contributed by atoms with Gasteiger partial charge in [0.1, 0.15) is 0 Å². The highest BCUT2D eigenvalue weighted by Gasteiger charge is 2.33. The van der Waals surface area contributed by atoms with Crippen molar-refractivity contribution in [3.8, 4) is 0 Å². The van der Waals surface area contributed by atoms with Gasteiger partial charge in [0.05, 0.1) is 17.1 Å². The van der Waals surface area contributed by atoms with Gasteiger partial charge in [-0.3, -0.25) is 10.1 Å². The molecular weight excluding hydrogens is 350 g/mol. The average Bonchev–Trinajstić information content (AvgIpc) is 2.67. The van der Waals surface area contributed by atoms with Crippen molar-refractivity contribution in [2.45, 2.75) is 39.5 Å². The molecule has 1 aromatic heterocycles. The largest absolute Gasteiger partial charge is 0.323 e. The summed E-state index contributed by atoms with van der Waals surface area (Å²) in [5.41, 5.74) is 4.10. The molecule has 1 fully saturated rings. The minimum atomic E-state index is -0.407. The third-order valence-electron chi connectivity index (χ3n) is 5.35. The number of amides is 1. The minimum absolute atomic E-state index is 0.0229. The molecule has 0 radical (unpaired) electrons. The number of carbonyl (C=O) groups is 1. The molecule has 28 heavy (non-hydrogen) atoms. The lowest BCUT2D eigenvalue weighted by Crippen LogP contribution is -2.63. The van der Waals surface area contributed by atoms with Gasteiger partial charge in [0, 0.05) is 11.4 Å². The summed E-state index contributed by atoms with van der Waals surface area (Å²) in [7, 11) is 0. The summed E-state index contributed by atoms with van der Waals surface area (Å²) >= 11 is 0. The van der Waals surface area contributed by atoms with Crippen molar-refractivity contribution < 1.29 is 4.79 Å². The molecule has 2 aromatic carbocycles. The zero-order valence-electron chi connectivity index (χ0n) is 16.4. The highest BCUT2D eigenvalue weighted by molar-refractivity contribution is 5.85. The van der Waals surface area contributed by atoms with Gasteiger partial charge in [-0.05, 0) is 38.3 Å². The van der Waals surface area contributed by atoms with Crippen molar-refractivity contribution >= 4 is 22.8 Å². The van der Waals surface area contributed by atoms with Crippen molar-refractivity contribution in [2.75, 3.05) is 5.32 Å². The number of aryl methyl sites for hydroxylation is 2. The SMILES string of the molecule is Cc1nc(NC2NC(=O)C(Cc3ccccc3)C(C)N2)nc2c(C)cccc12. The van der Waals surface area contributed by atoms with Gasteiger partial charge in [0.15, 0.2) is 6.29 Å². The first kappa shape index (κ1) is 18.4. The highest BCUT2D eigenvalue weighted by atomic mass is 16.2. The van der Waals surface area contributed by atoms with Crippen molar-refractivity contribution in [3.63, 3.8) is 0 Å². The van der Waals surface area contributed by atoms with Crippen LogP contribution in [0, 0.1) is 19.8 Å². The first-order valence-electron chi connectivity index (χ1n) is 9.62. The van der Waals surface area contributed by atoms with E-state index in [0.29, 0.717) is 12.4 Å². The van der Waals surface area contributed by atoms with E-state index >= 15 is 0 Å². The Balaban J connectivity index is 1.49. The third kappa shape index (κ3) is 3.68. The summed E-state index contributed by atoms with van der Waals surface area (Å²) in [6, 6.07) is 16.2. The molecule has 0 aliphatic carbocycles. The number of rotatable bonds is 4. The Morgan fingerprint density at radius 2 is 1.82 bits per heavy atom. The molecule has 144 valence electrons. The average molecular weight is 375 g/mol. The van der Waals surface area contributed by atoms with Crippen LogP contribution >= 0.6 is 0 Å². The van der Waals surface area contributed by atoms with E-state index in [9.17, 15) is 4.79 Å². The van der Waals surface area contributed by atoms with Gasteiger partial charge < -0.3 is 10.6 Å². The van der Waals surface area contributed by atoms with E-state index in [2.05, 4.69) is 38.1 Å². The number of anilines is 1. The fourth-order valence-electron chi connectivity index (χ4n) is 3.76. The van der Waals surface area contributed by atoms with Gasteiger partial charge in [-0.15, -0.1) is 0 Å². The second-order valence-electron chi connectivity index (χ2n) is 7.44. The number of hydrogen-bond acceptors (Lipinski definition) is 5. The van der Waals surface area contributed by atoms with E-state index in [1.807, 2.05) is 57.2 Å². The maximum Gasteiger partial charge on any atom is 0.227 e. The smallest absolute Gasteiger partial charge is 0.227 e. The van der Waals surface area contributed by atoms with E-state index in [-0.39, 0.29) is 17.9 Å². The van der Waals surface area contributed by atoms with Crippen LogP contribution in [0.5, 0.6) is 0 Å². The van der Waals surface area contributed by atoms with Gasteiger partial charge in [0.25, 0.3) is 0 Å². The van der Waals surface area contributed by atoms with Gasteiger partial charge in [-0.25, -0.2) is 9.97 Å². The normalized spacial score (nSPS) is 22.1. The molecule has 0 saturated carbocycles. The second-order valence-corrected chi connectivity index (χ2v) is 7.44. The fraction of sp³-hybridized carbons (Fsp3) is 0.318. The van der Waals surface area contributed by atoms with Crippen LogP contribution in [0.2, 0.25) is 0 Å². The van der Waals surface area contributed by atoms with Crippen molar-refractivity contribution in [3.05, 3.63) is 65.4 Å². The number of benzene rings is 2. The fourth-order valence-corrected chi connectivity index (χ4v) is 3.76. The minimum Gasteiger partial charge on any atom is -0.323 e. The Labute approximate surface area is 164 Å². The molecule has 0 spiro atoms. The van der Waals surface area contributed by atoms with Crippen LogP contribution in [0.15, 0.2) is 48.5 Å². The molecule has 3 unspecified atom stereocenters. The Morgan fingerprint density at radius 3 is 2.57 bits per heavy atom. The first-order chi connectivity index (χ1) is 13.5. The standard InChI is InChI=1S/C22H25N5O/c1-13-8-7-11-17-14(2)23-21(25-19(13)17)27-22-24-15(3)18(20(28)26-22)12-16-9-5-4-6-10-16/h4-11,15,18,22,24H,12H2,1-3H3,(H,26,28)(H,23,25,27). The molecule has 4 rings (SSSR count). The van der Waals surface area contributed by atoms with Crippen LogP contribution in [-0.2, 0) is 11.2 Å². The van der Waals surface area contributed by atoms with Gasteiger partial charge in [-0.2, -0.15) is 0 Å². The number of nitrogens with one attached hydrogen (secondary N) is 3. The lowest BCUT2D eigenvalue weighted by molar-refractivity contribution is -0.128. The predicted octanol–water partition coefficient (Wildman–Crippen LogP) is 2.91. The Kier molecular flexibility index (Phi) is 4.96. The topological polar surface area (TPSA) is 78.9 Å². The second kappa shape index (κ2) is 7.56. The van der Waals surface area contributed by atoms with E-state index in [4.69, 9.17) is 0 Å². The molecule has 6 nitrogen and oxygen atoms in total. The number of fused-ring (bicyclic) bond motifs is 1. The molecule has 1 aliphatic heterocycles. The molecule has 0 bridgehead atoms. The summed E-state index contributed by atoms with van der Waals surface area (Å²) in [6.45, 7) is 6.05. The number of hydrogen-bond donors (Lipinski definition) is 3. The zero-order valence-corrected chi connectivity index (χ0v) is 16.4. The van der Waals surface area contributed by atoms with Crippen LogP contribution in [0.25, 0.3) is 10.9 Å².